The van der Waals surface area contributed by atoms with Gasteiger partial charge in [-0.1, -0.05) is 0 Å². The molecule has 0 saturated heterocycles. The standard InChI is InChI=1S/C5H4N2O2.ClH/c8-5(9)4-2-1-3-6-7-4;/h1-3H,(H,8,9);1H. The van der Waals surface area contributed by atoms with Crippen LogP contribution >= 0.6 is 12.4 Å². The molecule has 10 heavy (non-hydrogen) atoms. The maximum atomic E-state index is 10.1. The summed E-state index contributed by atoms with van der Waals surface area (Å²) < 4.78 is 0. The van der Waals surface area contributed by atoms with E-state index >= 15 is 0 Å². The van der Waals surface area contributed by atoms with Gasteiger partial charge in [-0.3, -0.25) is 0 Å². The zero-order valence-corrected chi connectivity index (χ0v) is 5.71. The Bertz CT molecular complexity index is 214. The maximum Gasteiger partial charge on any atom is 0.356 e. The molecule has 1 rings (SSSR count). The van der Waals surface area contributed by atoms with Gasteiger partial charge in [0.25, 0.3) is 0 Å². The summed E-state index contributed by atoms with van der Waals surface area (Å²) >= 11 is 0. The van der Waals surface area contributed by atoms with Crippen molar-refractivity contribution in [2.75, 3.05) is 0 Å². The average molecular weight is 161 g/mol. The van der Waals surface area contributed by atoms with Gasteiger partial charge in [0.05, 0.1) is 0 Å². The molecule has 0 aliphatic carbocycles. The molecule has 1 heterocycles. The molecule has 1 N–H and O–H groups in total. The highest BCUT2D eigenvalue weighted by molar-refractivity contribution is 5.85. The molecular formula is C5H5ClN2O2. The Kier molecular flexibility index (Phi) is 3.35. The van der Waals surface area contributed by atoms with Gasteiger partial charge in [-0.15, -0.1) is 17.5 Å². The summed E-state index contributed by atoms with van der Waals surface area (Å²) in [6.07, 6.45) is 1.42. The minimum Gasteiger partial charge on any atom is -0.476 e. The number of rotatable bonds is 1. The van der Waals surface area contributed by atoms with Crippen molar-refractivity contribution in [1.82, 2.24) is 10.2 Å². The number of hydrogen-bond donors (Lipinski definition) is 1. The lowest BCUT2D eigenvalue weighted by Crippen LogP contribution is -1.99. The normalized spacial score (nSPS) is 8.00. The maximum absolute atomic E-state index is 10.1. The van der Waals surface area contributed by atoms with Crippen LogP contribution in [0.4, 0.5) is 0 Å². The quantitative estimate of drug-likeness (QED) is 0.654. The molecule has 0 aromatic carbocycles. The molecule has 54 valence electrons. The number of halogens is 1. The van der Waals surface area contributed by atoms with Crippen LogP contribution in [0.25, 0.3) is 0 Å². The fraction of sp³-hybridized carbons (Fsp3) is 0. The molecule has 0 aliphatic rings. The minimum absolute atomic E-state index is 0. The number of aromatic nitrogens is 2. The van der Waals surface area contributed by atoms with Crippen molar-refractivity contribution in [2.24, 2.45) is 0 Å². The van der Waals surface area contributed by atoms with Gasteiger partial charge >= 0.3 is 5.97 Å². The smallest absolute Gasteiger partial charge is 0.356 e. The van der Waals surface area contributed by atoms with Crippen LogP contribution in [0, 0.1) is 0 Å². The second-order valence-corrected chi connectivity index (χ2v) is 1.41. The Morgan fingerprint density at radius 3 is 2.60 bits per heavy atom. The first-order valence-electron chi connectivity index (χ1n) is 2.31. The molecule has 0 atom stereocenters. The lowest BCUT2D eigenvalue weighted by atomic mass is 10.4. The fourth-order valence-corrected chi connectivity index (χ4v) is 0.416. The van der Waals surface area contributed by atoms with E-state index in [1.807, 2.05) is 0 Å². The molecule has 0 fully saturated rings. The van der Waals surface area contributed by atoms with E-state index in [0.717, 1.165) is 0 Å². The van der Waals surface area contributed by atoms with E-state index in [1.165, 1.54) is 18.3 Å². The van der Waals surface area contributed by atoms with Crippen LogP contribution in [-0.4, -0.2) is 21.3 Å². The largest absolute Gasteiger partial charge is 0.476 e. The minimum atomic E-state index is -1.05. The van der Waals surface area contributed by atoms with E-state index < -0.39 is 5.97 Å². The monoisotopic (exact) mass is 160 g/mol. The summed E-state index contributed by atoms with van der Waals surface area (Å²) in [7, 11) is 0. The van der Waals surface area contributed by atoms with Crippen LogP contribution in [0.5, 0.6) is 0 Å². The van der Waals surface area contributed by atoms with Crippen molar-refractivity contribution in [3.63, 3.8) is 0 Å². The van der Waals surface area contributed by atoms with Crippen LogP contribution in [0.2, 0.25) is 0 Å². The third-order valence-electron chi connectivity index (χ3n) is 0.791. The number of hydrogen-bond acceptors (Lipinski definition) is 3. The molecule has 5 heteroatoms. The van der Waals surface area contributed by atoms with Gasteiger partial charge in [0, 0.05) is 6.20 Å². The Balaban J connectivity index is 0.000000810. The van der Waals surface area contributed by atoms with Gasteiger partial charge in [0.15, 0.2) is 5.69 Å². The van der Waals surface area contributed by atoms with Gasteiger partial charge in [-0.2, -0.15) is 5.10 Å². The molecule has 1 aromatic rings. The zero-order valence-electron chi connectivity index (χ0n) is 4.89. The first kappa shape index (κ1) is 8.84. The Hall–Kier alpha value is -1.16. The third-order valence-corrected chi connectivity index (χ3v) is 0.791. The average Bonchev–Trinajstić information content (AvgIpc) is 1.90. The van der Waals surface area contributed by atoms with Crippen LogP contribution in [0.3, 0.4) is 0 Å². The summed E-state index contributed by atoms with van der Waals surface area (Å²) in [6.45, 7) is 0. The topological polar surface area (TPSA) is 63.1 Å². The second kappa shape index (κ2) is 3.79. The van der Waals surface area contributed by atoms with Crippen LogP contribution in [0.15, 0.2) is 18.3 Å². The highest BCUT2D eigenvalue weighted by Crippen LogP contribution is 1.87. The van der Waals surface area contributed by atoms with E-state index in [1.54, 1.807) is 0 Å². The summed E-state index contributed by atoms with van der Waals surface area (Å²) in [5.41, 5.74) is -0.0301. The molecule has 0 bridgehead atoms. The van der Waals surface area contributed by atoms with Gasteiger partial charge in [0.1, 0.15) is 0 Å². The Morgan fingerprint density at radius 1 is 1.60 bits per heavy atom. The van der Waals surface area contributed by atoms with E-state index in [4.69, 9.17) is 5.11 Å². The number of aromatic carboxylic acids is 1. The molecule has 0 saturated carbocycles. The third kappa shape index (κ3) is 1.99. The first-order valence-corrected chi connectivity index (χ1v) is 2.31. The van der Waals surface area contributed by atoms with E-state index in [-0.39, 0.29) is 18.1 Å². The Labute approximate surface area is 63.3 Å². The van der Waals surface area contributed by atoms with Crippen LogP contribution in [-0.2, 0) is 0 Å². The lowest BCUT2D eigenvalue weighted by molar-refractivity contribution is 0.0689. The molecule has 0 unspecified atom stereocenters. The first-order chi connectivity index (χ1) is 4.30. The van der Waals surface area contributed by atoms with Crippen molar-refractivity contribution in [3.05, 3.63) is 24.0 Å². The van der Waals surface area contributed by atoms with E-state index in [2.05, 4.69) is 10.2 Å². The molecule has 0 aliphatic heterocycles. The van der Waals surface area contributed by atoms with Crippen molar-refractivity contribution in [3.8, 4) is 0 Å². The van der Waals surface area contributed by atoms with E-state index in [9.17, 15) is 4.79 Å². The van der Waals surface area contributed by atoms with Crippen LogP contribution < -0.4 is 0 Å². The van der Waals surface area contributed by atoms with Crippen LogP contribution in [0.1, 0.15) is 10.5 Å². The zero-order chi connectivity index (χ0) is 6.69. The number of carbonyl (C=O) groups is 1. The summed E-state index contributed by atoms with van der Waals surface area (Å²) in [5.74, 6) is -1.05. The molecule has 1 aromatic heterocycles. The second-order valence-electron chi connectivity index (χ2n) is 1.41. The van der Waals surface area contributed by atoms with Gasteiger partial charge in [-0.25, -0.2) is 4.79 Å². The lowest BCUT2D eigenvalue weighted by Gasteiger charge is -1.85. The molecule has 0 amide bonds. The summed E-state index contributed by atoms with van der Waals surface area (Å²) in [5, 5.41) is 15.0. The van der Waals surface area contributed by atoms with Crippen molar-refractivity contribution in [2.45, 2.75) is 0 Å². The predicted molar refractivity (Wildman–Crippen MR) is 36.2 cm³/mol. The highest BCUT2D eigenvalue weighted by Gasteiger charge is 2.00. The summed E-state index contributed by atoms with van der Waals surface area (Å²) in [4.78, 5) is 10.1. The molecular weight excluding hydrogens is 156 g/mol. The van der Waals surface area contributed by atoms with Gasteiger partial charge in [0.2, 0.25) is 0 Å². The molecule has 4 nitrogen and oxygen atoms in total. The number of carboxylic acid groups (broad SMARTS) is 1. The predicted octanol–water partition coefficient (Wildman–Crippen LogP) is 0.597. The van der Waals surface area contributed by atoms with Crippen molar-refractivity contribution >= 4 is 18.4 Å². The number of nitrogens with zero attached hydrogens (tertiary/aromatic N) is 2. The summed E-state index contributed by atoms with van der Waals surface area (Å²) in [6, 6.07) is 2.91. The van der Waals surface area contributed by atoms with Gasteiger partial charge in [-0.05, 0) is 12.1 Å². The highest BCUT2D eigenvalue weighted by atomic mass is 35.5. The SMILES string of the molecule is Cl.O=C(O)c1cccnn1. The van der Waals surface area contributed by atoms with Crippen molar-refractivity contribution in [1.29, 1.82) is 0 Å². The van der Waals surface area contributed by atoms with E-state index in [0.29, 0.717) is 0 Å². The molecule has 0 radical (unpaired) electrons. The Morgan fingerprint density at radius 2 is 2.30 bits per heavy atom. The van der Waals surface area contributed by atoms with Crippen molar-refractivity contribution < 1.29 is 9.90 Å². The number of carboxylic acids is 1. The van der Waals surface area contributed by atoms with Gasteiger partial charge < -0.3 is 5.11 Å². The fourth-order valence-electron chi connectivity index (χ4n) is 0.416. The molecule has 0 spiro atoms.